The van der Waals surface area contributed by atoms with Crippen LogP contribution < -0.4 is 24.8 Å². The second kappa shape index (κ2) is 16.4. The van der Waals surface area contributed by atoms with Crippen LogP contribution in [0.2, 0.25) is 0 Å². The summed E-state index contributed by atoms with van der Waals surface area (Å²) in [7, 11) is 5.85. The van der Waals surface area contributed by atoms with Crippen molar-refractivity contribution >= 4 is 29.9 Å². The highest BCUT2D eigenvalue weighted by Crippen LogP contribution is 2.28. The van der Waals surface area contributed by atoms with Crippen LogP contribution in [0.5, 0.6) is 17.2 Å². The smallest absolute Gasteiger partial charge is 0.191 e. The molecule has 33 heavy (non-hydrogen) atoms. The molecule has 2 aromatic carbocycles. The summed E-state index contributed by atoms with van der Waals surface area (Å²) in [6.45, 7) is 8.17. The van der Waals surface area contributed by atoms with Gasteiger partial charge in [0.15, 0.2) is 17.5 Å². The number of aliphatic imine (C=N–C) groups is 1. The lowest BCUT2D eigenvalue weighted by molar-refractivity contribution is 0.261. The molecule has 0 aromatic heterocycles. The maximum absolute atomic E-state index is 5.82. The average molecular weight is 571 g/mol. The second-order valence-electron chi connectivity index (χ2n) is 7.55. The molecule has 0 amide bonds. The van der Waals surface area contributed by atoms with Crippen LogP contribution in [0.4, 0.5) is 0 Å². The topological polar surface area (TPSA) is 67.3 Å². The van der Waals surface area contributed by atoms with Crippen LogP contribution in [-0.2, 0) is 13.0 Å². The summed E-state index contributed by atoms with van der Waals surface area (Å²) in [6, 6.07) is 14.2. The van der Waals surface area contributed by atoms with Crippen molar-refractivity contribution in [2.24, 2.45) is 4.99 Å². The Hall–Kier alpha value is -2.20. The van der Waals surface area contributed by atoms with Crippen molar-refractivity contribution in [3.8, 4) is 17.2 Å². The van der Waals surface area contributed by atoms with Crippen molar-refractivity contribution < 1.29 is 14.2 Å². The number of guanidine groups is 1. The van der Waals surface area contributed by atoms with Crippen molar-refractivity contribution in [1.82, 2.24) is 15.5 Å². The van der Waals surface area contributed by atoms with Gasteiger partial charge in [-0.05, 0) is 69.8 Å². The van der Waals surface area contributed by atoms with Gasteiger partial charge < -0.3 is 29.7 Å². The van der Waals surface area contributed by atoms with Gasteiger partial charge in [-0.1, -0.05) is 18.2 Å². The first-order valence-corrected chi connectivity index (χ1v) is 11.2. The van der Waals surface area contributed by atoms with E-state index < -0.39 is 0 Å². The summed E-state index contributed by atoms with van der Waals surface area (Å²) in [4.78, 5) is 6.43. The largest absolute Gasteiger partial charge is 0.492 e. The van der Waals surface area contributed by atoms with Gasteiger partial charge in [0.05, 0.1) is 13.2 Å². The van der Waals surface area contributed by atoms with Gasteiger partial charge in [-0.3, -0.25) is 4.99 Å². The number of rotatable bonds is 13. The standard InChI is InChI=1S/C25H38N4O3.HI/c1-6-30-23-12-11-20(18-24(23)31-7-2)13-14-27-25(26-3)28-19-21-9-8-10-22(17-21)32-16-15-29(4)5;/h8-12,17-18H,6-7,13-16,19H2,1-5H3,(H2,26,27,28);1H. The number of likely N-dealkylation sites (N-methyl/N-ethyl adjacent to an activating group) is 1. The van der Waals surface area contributed by atoms with Crippen molar-refractivity contribution in [2.75, 3.05) is 54.1 Å². The zero-order valence-corrected chi connectivity index (χ0v) is 22.8. The van der Waals surface area contributed by atoms with E-state index >= 15 is 0 Å². The van der Waals surface area contributed by atoms with E-state index in [0.717, 1.165) is 48.3 Å². The van der Waals surface area contributed by atoms with Gasteiger partial charge in [-0.15, -0.1) is 24.0 Å². The normalized spacial score (nSPS) is 11.0. The highest BCUT2D eigenvalue weighted by atomic mass is 127. The minimum Gasteiger partial charge on any atom is -0.492 e. The molecule has 0 unspecified atom stereocenters. The zero-order valence-electron chi connectivity index (χ0n) is 20.5. The lowest BCUT2D eigenvalue weighted by Gasteiger charge is -2.15. The molecule has 0 saturated carbocycles. The number of benzene rings is 2. The fourth-order valence-electron chi connectivity index (χ4n) is 3.07. The molecule has 7 nitrogen and oxygen atoms in total. The Kier molecular flexibility index (Phi) is 14.3. The summed E-state index contributed by atoms with van der Waals surface area (Å²) in [5.41, 5.74) is 2.32. The molecule has 2 aromatic rings. The second-order valence-corrected chi connectivity index (χ2v) is 7.55. The highest BCUT2D eigenvalue weighted by Gasteiger charge is 2.07. The predicted octanol–water partition coefficient (Wildman–Crippen LogP) is 3.95. The molecular weight excluding hydrogens is 531 g/mol. The summed E-state index contributed by atoms with van der Waals surface area (Å²) in [5.74, 6) is 3.23. The molecule has 0 fully saturated rings. The van der Waals surface area contributed by atoms with Crippen molar-refractivity contribution in [1.29, 1.82) is 0 Å². The molecule has 0 heterocycles. The van der Waals surface area contributed by atoms with E-state index in [0.29, 0.717) is 26.4 Å². The van der Waals surface area contributed by atoms with Crippen LogP contribution in [0.15, 0.2) is 47.5 Å². The van der Waals surface area contributed by atoms with Crippen LogP contribution in [0.1, 0.15) is 25.0 Å². The lowest BCUT2D eigenvalue weighted by atomic mass is 10.1. The van der Waals surface area contributed by atoms with Gasteiger partial charge in [-0.25, -0.2) is 0 Å². The third kappa shape index (κ3) is 11.0. The molecule has 0 aliphatic carbocycles. The minimum absolute atomic E-state index is 0. The SMILES string of the molecule is CCOc1ccc(CCNC(=NC)NCc2cccc(OCCN(C)C)c2)cc1OCC.I. The average Bonchev–Trinajstić information content (AvgIpc) is 2.78. The molecule has 0 aliphatic rings. The fraction of sp³-hybridized carbons (Fsp3) is 0.480. The van der Waals surface area contributed by atoms with E-state index in [4.69, 9.17) is 14.2 Å². The molecule has 184 valence electrons. The maximum atomic E-state index is 5.82. The Morgan fingerprint density at radius 1 is 0.909 bits per heavy atom. The summed E-state index contributed by atoms with van der Waals surface area (Å²) in [5, 5.41) is 6.73. The van der Waals surface area contributed by atoms with Crippen molar-refractivity contribution in [3.63, 3.8) is 0 Å². The van der Waals surface area contributed by atoms with Crippen LogP contribution in [-0.4, -0.2) is 64.9 Å². The molecule has 2 N–H and O–H groups in total. The number of nitrogens with zero attached hydrogens (tertiary/aromatic N) is 2. The van der Waals surface area contributed by atoms with E-state index in [1.807, 2.05) is 52.2 Å². The van der Waals surface area contributed by atoms with E-state index in [1.54, 1.807) is 7.05 Å². The Bertz CT molecular complexity index is 846. The Morgan fingerprint density at radius 3 is 2.36 bits per heavy atom. The molecule has 0 saturated heterocycles. The summed E-state index contributed by atoms with van der Waals surface area (Å²) < 4.78 is 17.2. The summed E-state index contributed by atoms with van der Waals surface area (Å²) >= 11 is 0. The first kappa shape index (κ1) is 28.8. The van der Waals surface area contributed by atoms with Crippen LogP contribution >= 0.6 is 24.0 Å². The van der Waals surface area contributed by atoms with Gasteiger partial charge in [0.1, 0.15) is 12.4 Å². The number of halogens is 1. The first-order chi connectivity index (χ1) is 15.5. The van der Waals surface area contributed by atoms with Crippen LogP contribution in [0, 0.1) is 0 Å². The van der Waals surface area contributed by atoms with E-state index in [9.17, 15) is 0 Å². The molecular formula is C25H39IN4O3. The molecule has 0 spiro atoms. The first-order valence-electron chi connectivity index (χ1n) is 11.2. The maximum Gasteiger partial charge on any atom is 0.191 e. The summed E-state index contributed by atoms with van der Waals surface area (Å²) in [6.07, 6.45) is 0.850. The van der Waals surface area contributed by atoms with Gasteiger partial charge in [0.25, 0.3) is 0 Å². The molecule has 0 radical (unpaired) electrons. The van der Waals surface area contributed by atoms with Crippen LogP contribution in [0.25, 0.3) is 0 Å². The minimum atomic E-state index is 0. The number of hydrogen-bond acceptors (Lipinski definition) is 5. The molecule has 2 rings (SSSR count). The van der Waals surface area contributed by atoms with Gasteiger partial charge in [0, 0.05) is 26.7 Å². The van der Waals surface area contributed by atoms with Gasteiger partial charge in [0.2, 0.25) is 0 Å². The lowest BCUT2D eigenvalue weighted by Crippen LogP contribution is -2.37. The number of ether oxygens (including phenoxy) is 3. The van der Waals surface area contributed by atoms with E-state index in [-0.39, 0.29) is 24.0 Å². The van der Waals surface area contributed by atoms with E-state index in [1.165, 1.54) is 5.56 Å². The zero-order chi connectivity index (χ0) is 23.2. The molecule has 0 aliphatic heterocycles. The van der Waals surface area contributed by atoms with E-state index in [2.05, 4.69) is 38.7 Å². The van der Waals surface area contributed by atoms with Crippen molar-refractivity contribution in [2.45, 2.75) is 26.8 Å². The Labute approximate surface area is 215 Å². The number of hydrogen-bond donors (Lipinski definition) is 2. The Morgan fingerprint density at radius 2 is 1.67 bits per heavy atom. The third-order valence-corrected chi connectivity index (χ3v) is 4.70. The molecule has 0 bridgehead atoms. The van der Waals surface area contributed by atoms with Crippen LogP contribution in [0.3, 0.4) is 0 Å². The highest BCUT2D eigenvalue weighted by molar-refractivity contribution is 14.0. The molecule has 0 atom stereocenters. The number of nitrogens with one attached hydrogen (secondary N) is 2. The third-order valence-electron chi connectivity index (χ3n) is 4.70. The Balaban J connectivity index is 0.00000544. The quantitative estimate of drug-likeness (QED) is 0.216. The predicted molar refractivity (Wildman–Crippen MR) is 147 cm³/mol. The van der Waals surface area contributed by atoms with Gasteiger partial charge >= 0.3 is 0 Å². The van der Waals surface area contributed by atoms with Gasteiger partial charge in [-0.2, -0.15) is 0 Å². The monoisotopic (exact) mass is 570 g/mol. The van der Waals surface area contributed by atoms with Crippen molar-refractivity contribution in [3.05, 3.63) is 53.6 Å². The fourth-order valence-corrected chi connectivity index (χ4v) is 3.07. The molecule has 8 heteroatoms.